The Bertz CT molecular complexity index is 802. The van der Waals surface area contributed by atoms with Crippen LogP contribution in [0.15, 0.2) is 60.7 Å². The molecule has 2 aromatic rings. The minimum absolute atomic E-state index is 0.0760. The third kappa shape index (κ3) is 4.13. The molecule has 0 radical (unpaired) electrons. The number of hydrogen-bond acceptors (Lipinski definition) is 3. The van der Waals surface area contributed by atoms with Crippen LogP contribution in [0.1, 0.15) is 47.5 Å². The summed E-state index contributed by atoms with van der Waals surface area (Å²) in [4.78, 5) is 12.3. The fourth-order valence-electron chi connectivity index (χ4n) is 5.42. The van der Waals surface area contributed by atoms with Crippen molar-refractivity contribution in [3.63, 3.8) is 0 Å². The fraction of sp³-hybridized carbons (Fsp3) is 0.500. The van der Waals surface area contributed by atoms with Gasteiger partial charge in [0.15, 0.2) is 0 Å². The lowest BCUT2D eigenvalue weighted by Crippen LogP contribution is -2.64. The van der Waals surface area contributed by atoms with Crippen LogP contribution in [-0.4, -0.2) is 31.9 Å². The maximum atomic E-state index is 12.3. The number of aliphatic hydroxyl groups excluding tert-OH is 1. The van der Waals surface area contributed by atoms with Gasteiger partial charge in [-0.15, -0.1) is 0 Å². The van der Waals surface area contributed by atoms with E-state index in [9.17, 15) is 9.90 Å². The van der Waals surface area contributed by atoms with Crippen molar-refractivity contribution in [1.29, 1.82) is 0 Å². The van der Waals surface area contributed by atoms with Gasteiger partial charge in [0.2, 0.25) is 0 Å². The molecule has 0 aliphatic heterocycles. The minimum atomic E-state index is -2.22. The van der Waals surface area contributed by atoms with Crippen molar-refractivity contribution in [3.8, 4) is 0 Å². The zero-order valence-electron chi connectivity index (χ0n) is 19.0. The molecule has 0 heterocycles. The summed E-state index contributed by atoms with van der Waals surface area (Å²) in [7, 11) is -2.22. The van der Waals surface area contributed by atoms with E-state index in [0.29, 0.717) is 18.9 Å². The summed E-state index contributed by atoms with van der Waals surface area (Å²) >= 11 is 0. The van der Waals surface area contributed by atoms with Crippen molar-refractivity contribution < 1.29 is 14.6 Å². The lowest BCUT2D eigenvalue weighted by molar-refractivity contribution is -0.146. The Balaban J connectivity index is 2.05. The van der Waals surface area contributed by atoms with E-state index in [1.165, 1.54) is 10.4 Å². The van der Waals surface area contributed by atoms with Gasteiger partial charge in [-0.2, -0.15) is 0 Å². The molecule has 0 amide bonds. The van der Waals surface area contributed by atoms with Crippen LogP contribution in [0.25, 0.3) is 0 Å². The van der Waals surface area contributed by atoms with Crippen LogP contribution in [0.4, 0.5) is 0 Å². The smallest absolute Gasteiger partial charge is 0.306 e. The largest absolute Gasteiger partial charge is 0.466 e. The number of rotatable bonds is 8. The zero-order valence-corrected chi connectivity index (χ0v) is 20.0. The lowest BCUT2D eigenvalue weighted by atomic mass is 9.93. The number of carbonyl (C=O) groups is 1. The standard InChI is InChI=1S/C26H36O3Si/c1-6-29-24(28)18-26(20(2)27)17-21(26)19-30(25(3,4)5,22-13-9-7-10-14-22)23-15-11-8-12-16-23/h7-16,20-21,27H,6,17-19H2,1-5H3/t20?,21-,26-/m1/s1. The third-order valence-electron chi connectivity index (χ3n) is 7.26. The van der Waals surface area contributed by atoms with Crippen molar-refractivity contribution in [2.75, 3.05) is 6.61 Å². The van der Waals surface area contributed by atoms with Crippen LogP contribution in [0.2, 0.25) is 11.1 Å². The molecule has 1 saturated carbocycles. The normalized spacial score (nSPS) is 22.4. The van der Waals surface area contributed by atoms with E-state index in [0.717, 1.165) is 12.5 Å². The van der Waals surface area contributed by atoms with E-state index in [-0.39, 0.29) is 16.4 Å². The highest BCUT2D eigenvalue weighted by Gasteiger charge is 2.62. The zero-order chi connectivity index (χ0) is 22.0. The van der Waals surface area contributed by atoms with Gasteiger partial charge in [-0.3, -0.25) is 4.79 Å². The van der Waals surface area contributed by atoms with Gasteiger partial charge in [0.25, 0.3) is 0 Å². The summed E-state index contributed by atoms with van der Waals surface area (Å²) in [6.07, 6.45) is 0.667. The SMILES string of the molecule is CCOC(=O)C[C@@]1(C(C)O)C[C@@H]1C[Si](c1ccccc1)(c1ccccc1)C(C)(C)C. The minimum Gasteiger partial charge on any atom is -0.466 e. The average molecular weight is 425 g/mol. The number of carbonyl (C=O) groups excluding carboxylic acids is 1. The quantitative estimate of drug-likeness (QED) is 0.505. The van der Waals surface area contributed by atoms with Gasteiger partial charge >= 0.3 is 5.97 Å². The number of benzene rings is 2. The molecule has 30 heavy (non-hydrogen) atoms. The molecule has 1 fully saturated rings. The molecular weight excluding hydrogens is 388 g/mol. The van der Waals surface area contributed by atoms with Crippen molar-refractivity contribution in [2.45, 2.75) is 64.6 Å². The highest BCUT2D eigenvalue weighted by atomic mass is 28.3. The molecule has 1 unspecified atom stereocenters. The Kier molecular flexibility index (Phi) is 6.59. The van der Waals surface area contributed by atoms with E-state index in [4.69, 9.17) is 4.74 Å². The van der Waals surface area contributed by atoms with Gasteiger partial charge in [0.05, 0.1) is 19.1 Å². The van der Waals surface area contributed by atoms with Gasteiger partial charge in [-0.05, 0) is 37.3 Å². The third-order valence-corrected chi connectivity index (χ3v) is 13.6. The van der Waals surface area contributed by atoms with E-state index < -0.39 is 14.2 Å². The van der Waals surface area contributed by atoms with Crippen molar-refractivity contribution in [3.05, 3.63) is 60.7 Å². The van der Waals surface area contributed by atoms with Crippen LogP contribution >= 0.6 is 0 Å². The fourth-order valence-corrected chi connectivity index (χ4v) is 11.4. The van der Waals surface area contributed by atoms with Gasteiger partial charge in [-0.25, -0.2) is 0 Å². The molecule has 3 atom stereocenters. The summed E-state index contributed by atoms with van der Waals surface area (Å²) in [5.41, 5.74) is -0.362. The molecule has 1 N–H and O–H groups in total. The highest BCUT2D eigenvalue weighted by molar-refractivity contribution is 7.04. The molecule has 2 aromatic carbocycles. The van der Waals surface area contributed by atoms with Crippen molar-refractivity contribution >= 4 is 24.4 Å². The Morgan fingerprint density at radius 3 is 2.00 bits per heavy atom. The second kappa shape index (κ2) is 8.68. The average Bonchev–Trinajstić information content (AvgIpc) is 3.40. The van der Waals surface area contributed by atoms with E-state index >= 15 is 0 Å². The molecule has 4 heteroatoms. The number of aliphatic hydroxyl groups is 1. The van der Waals surface area contributed by atoms with Gasteiger partial charge < -0.3 is 9.84 Å². The summed E-state index contributed by atoms with van der Waals surface area (Å²) in [5, 5.41) is 13.6. The summed E-state index contributed by atoms with van der Waals surface area (Å²) in [6, 6.07) is 22.9. The van der Waals surface area contributed by atoms with Crippen molar-refractivity contribution in [1.82, 2.24) is 0 Å². The van der Waals surface area contributed by atoms with Crippen LogP contribution in [0.5, 0.6) is 0 Å². The summed E-state index contributed by atoms with van der Waals surface area (Å²) in [6.45, 7) is 11.1. The molecule has 0 bridgehead atoms. The number of hydrogen-bond donors (Lipinski definition) is 1. The predicted molar refractivity (Wildman–Crippen MR) is 126 cm³/mol. The molecule has 0 aromatic heterocycles. The number of ether oxygens (including phenoxy) is 1. The molecule has 0 saturated heterocycles. The molecular formula is C26H36O3Si. The first-order chi connectivity index (χ1) is 14.2. The predicted octanol–water partition coefficient (Wildman–Crippen LogP) is 4.39. The van der Waals surface area contributed by atoms with Crippen LogP contribution < -0.4 is 10.4 Å². The molecule has 3 rings (SSSR count). The van der Waals surface area contributed by atoms with Gasteiger partial charge in [0.1, 0.15) is 8.07 Å². The lowest BCUT2D eigenvalue weighted by Gasteiger charge is -2.45. The maximum Gasteiger partial charge on any atom is 0.306 e. The molecule has 3 nitrogen and oxygen atoms in total. The molecule has 162 valence electrons. The first-order valence-corrected chi connectivity index (χ1v) is 13.3. The van der Waals surface area contributed by atoms with Gasteiger partial charge in [-0.1, -0.05) is 91.8 Å². The Morgan fingerprint density at radius 2 is 1.60 bits per heavy atom. The first-order valence-electron chi connectivity index (χ1n) is 11.1. The molecule has 1 aliphatic carbocycles. The van der Waals surface area contributed by atoms with Gasteiger partial charge in [0, 0.05) is 5.41 Å². The monoisotopic (exact) mass is 424 g/mol. The Morgan fingerprint density at radius 1 is 1.10 bits per heavy atom. The van der Waals surface area contributed by atoms with E-state index in [1.54, 1.807) is 0 Å². The first kappa shape index (κ1) is 22.8. The van der Waals surface area contributed by atoms with Crippen LogP contribution in [-0.2, 0) is 9.53 Å². The van der Waals surface area contributed by atoms with Crippen molar-refractivity contribution in [2.24, 2.45) is 11.3 Å². The highest BCUT2D eigenvalue weighted by Crippen LogP contribution is 2.62. The Hall–Kier alpha value is -1.91. The van der Waals surface area contributed by atoms with Crippen LogP contribution in [0, 0.1) is 11.3 Å². The summed E-state index contributed by atoms with van der Waals surface area (Å²) < 4.78 is 5.24. The van der Waals surface area contributed by atoms with Crippen LogP contribution in [0.3, 0.4) is 0 Å². The van der Waals surface area contributed by atoms with E-state index in [2.05, 4.69) is 81.4 Å². The number of esters is 1. The second-order valence-corrected chi connectivity index (χ2v) is 14.8. The summed E-state index contributed by atoms with van der Waals surface area (Å²) in [5.74, 6) is 0.122. The van der Waals surface area contributed by atoms with E-state index in [1.807, 2.05) is 13.8 Å². The topological polar surface area (TPSA) is 46.5 Å². The Labute approximate surface area is 182 Å². The molecule has 1 aliphatic rings. The molecule has 0 spiro atoms. The second-order valence-electron chi connectivity index (χ2n) is 9.88. The maximum absolute atomic E-state index is 12.3.